The van der Waals surface area contributed by atoms with Crippen LogP contribution >= 0.6 is 0 Å². The summed E-state index contributed by atoms with van der Waals surface area (Å²) in [4.78, 5) is 28.9. The first-order valence-corrected chi connectivity index (χ1v) is 11.3. The number of carbonyl (C=O) groups excluding carboxylic acids is 2. The lowest BCUT2D eigenvalue weighted by atomic mass is 9.99. The Morgan fingerprint density at radius 3 is 2.50 bits per heavy atom. The van der Waals surface area contributed by atoms with Crippen molar-refractivity contribution in [3.63, 3.8) is 0 Å². The van der Waals surface area contributed by atoms with Gasteiger partial charge in [0.05, 0.1) is 23.5 Å². The zero-order chi connectivity index (χ0) is 25.4. The molecule has 0 fully saturated rings. The summed E-state index contributed by atoms with van der Waals surface area (Å²) in [5, 5.41) is 6.11. The van der Waals surface area contributed by atoms with E-state index in [1.807, 2.05) is 49.3 Å². The Kier molecular flexibility index (Phi) is 6.07. The number of benzene rings is 3. The Morgan fingerprint density at radius 2 is 1.75 bits per heavy atom. The van der Waals surface area contributed by atoms with E-state index in [-0.39, 0.29) is 18.6 Å². The van der Waals surface area contributed by atoms with Crippen molar-refractivity contribution in [1.82, 2.24) is 4.90 Å². The minimum Gasteiger partial charge on any atom is -0.454 e. The largest absolute Gasteiger partial charge is 0.454 e. The zero-order valence-electron chi connectivity index (χ0n) is 20.1. The molecule has 5 rings (SSSR count). The van der Waals surface area contributed by atoms with Crippen LogP contribution in [0.15, 0.2) is 60.7 Å². The van der Waals surface area contributed by atoms with Crippen LogP contribution < -0.4 is 25.0 Å². The van der Waals surface area contributed by atoms with Crippen LogP contribution in [-0.2, 0) is 9.59 Å². The quantitative estimate of drug-likeness (QED) is 0.511. The topological polar surface area (TPSA) is 83.1 Å². The summed E-state index contributed by atoms with van der Waals surface area (Å²) in [7, 11) is 5.42. The highest BCUT2D eigenvalue weighted by molar-refractivity contribution is 6.37. The van der Waals surface area contributed by atoms with Crippen LogP contribution in [-0.4, -0.2) is 51.2 Å². The lowest BCUT2D eigenvalue weighted by molar-refractivity contribution is -0.119. The maximum Gasteiger partial charge on any atom is 0.258 e. The van der Waals surface area contributed by atoms with Gasteiger partial charge in [0.25, 0.3) is 5.91 Å². The average Bonchev–Trinajstić information content (AvgIpc) is 3.44. The highest BCUT2D eigenvalue weighted by Gasteiger charge is 2.29. The fourth-order valence-electron chi connectivity index (χ4n) is 4.16. The van der Waals surface area contributed by atoms with Gasteiger partial charge in [0.15, 0.2) is 11.5 Å². The third kappa shape index (κ3) is 4.48. The second-order valence-corrected chi connectivity index (χ2v) is 8.82. The fourth-order valence-corrected chi connectivity index (χ4v) is 4.16. The number of ether oxygens (including phenoxy) is 2. The van der Waals surface area contributed by atoms with Gasteiger partial charge in [0, 0.05) is 29.5 Å². The monoisotopic (exact) mass is 488 g/mol. The molecule has 9 heteroatoms. The smallest absolute Gasteiger partial charge is 0.258 e. The Bertz CT molecular complexity index is 1390. The van der Waals surface area contributed by atoms with E-state index >= 15 is 0 Å². The summed E-state index contributed by atoms with van der Waals surface area (Å²) >= 11 is 0. The van der Waals surface area contributed by atoms with Crippen LogP contribution in [0.4, 0.5) is 21.5 Å². The minimum absolute atomic E-state index is 0.0321. The predicted octanol–water partition coefficient (Wildman–Crippen LogP) is 4.01. The van der Waals surface area contributed by atoms with Gasteiger partial charge < -0.3 is 29.9 Å². The summed E-state index contributed by atoms with van der Waals surface area (Å²) in [6.45, 7) is 0.425. The molecule has 0 bridgehead atoms. The number of rotatable bonds is 6. The van der Waals surface area contributed by atoms with E-state index in [4.69, 9.17) is 9.47 Å². The van der Waals surface area contributed by atoms with E-state index in [1.165, 1.54) is 12.1 Å². The summed E-state index contributed by atoms with van der Waals surface area (Å²) in [5.74, 6) is 0.380. The van der Waals surface area contributed by atoms with Crippen LogP contribution in [0.5, 0.6) is 11.5 Å². The standard InChI is InChI=1S/C27H25FN4O4/c1-31(2)14-24(33)32(3)19-8-6-18(7-9-19)29-26(16-4-11-22-23(12-16)36-15-35-22)25-20-10-5-17(28)13-21(20)30-27(25)34/h4-13,29H,14-15H2,1-3H3,(H,30,34)/b26-25-. The molecule has 0 atom stereocenters. The van der Waals surface area contributed by atoms with E-state index in [9.17, 15) is 14.0 Å². The molecule has 0 aromatic heterocycles. The molecule has 0 saturated carbocycles. The first-order valence-electron chi connectivity index (χ1n) is 11.3. The maximum absolute atomic E-state index is 13.8. The molecule has 0 aliphatic carbocycles. The van der Waals surface area contributed by atoms with Crippen molar-refractivity contribution in [2.45, 2.75) is 0 Å². The van der Waals surface area contributed by atoms with Crippen molar-refractivity contribution in [2.75, 3.05) is 50.0 Å². The normalized spacial score (nSPS) is 15.0. The predicted molar refractivity (Wildman–Crippen MR) is 136 cm³/mol. The SMILES string of the molecule is CN(C)CC(=O)N(C)c1ccc(N/C(=C2\C(=O)Nc3cc(F)ccc32)c2ccc3c(c2)OCO3)cc1. The highest BCUT2D eigenvalue weighted by atomic mass is 19.1. The summed E-state index contributed by atoms with van der Waals surface area (Å²) in [6, 6.07) is 17.0. The van der Waals surface area contributed by atoms with Crippen molar-refractivity contribution >= 4 is 40.1 Å². The molecule has 36 heavy (non-hydrogen) atoms. The summed E-state index contributed by atoms with van der Waals surface area (Å²) < 4.78 is 24.8. The average molecular weight is 489 g/mol. The molecule has 8 nitrogen and oxygen atoms in total. The number of hydrogen-bond donors (Lipinski definition) is 2. The second kappa shape index (κ2) is 9.35. The molecule has 2 N–H and O–H groups in total. The number of amides is 2. The number of hydrogen-bond acceptors (Lipinski definition) is 6. The summed E-state index contributed by atoms with van der Waals surface area (Å²) in [5.41, 5.74) is 4.05. The van der Waals surface area contributed by atoms with Gasteiger partial charge in [0.1, 0.15) is 5.82 Å². The van der Waals surface area contributed by atoms with Crippen molar-refractivity contribution in [2.24, 2.45) is 0 Å². The number of nitrogens with zero attached hydrogens (tertiary/aromatic N) is 2. The molecule has 0 unspecified atom stereocenters. The molecule has 0 radical (unpaired) electrons. The molecule has 0 spiro atoms. The van der Waals surface area contributed by atoms with Crippen LogP contribution in [0.2, 0.25) is 0 Å². The zero-order valence-corrected chi connectivity index (χ0v) is 20.1. The van der Waals surface area contributed by atoms with E-state index in [2.05, 4.69) is 10.6 Å². The van der Waals surface area contributed by atoms with E-state index in [0.717, 1.165) is 5.69 Å². The van der Waals surface area contributed by atoms with Gasteiger partial charge in [-0.05, 0) is 74.8 Å². The lowest BCUT2D eigenvalue weighted by Crippen LogP contribution is -2.34. The number of anilines is 3. The molecule has 3 aromatic carbocycles. The molecule has 2 aliphatic rings. The van der Waals surface area contributed by atoms with Gasteiger partial charge in [-0.2, -0.15) is 0 Å². The number of nitrogens with one attached hydrogen (secondary N) is 2. The Morgan fingerprint density at radius 1 is 1.00 bits per heavy atom. The number of likely N-dealkylation sites (N-methyl/N-ethyl adjacent to an activating group) is 2. The third-order valence-electron chi connectivity index (χ3n) is 5.99. The van der Waals surface area contributed by atoms with Crippen molar-refractivity contribution < 1.29 is 23.5 Å². The number of fused-ring (bicyclic) bond motifs is 2. The molecule has 2 amide bonds. The van der Waals surface area contributed by atoms with Gasteiger partial charge in [0.2, 0.25) is 12.7 Å². The summed E-state index contributed by atoms with van der Waals surface area (Å²) in [6.07, 6.45) is 0. The molecule has 2 aliphatic heterocycles. The van der Waals surface area contributed by atoms with E-state index in [1.54, 1.807) is 30.1 Å². The molecular formula is C27H25FN4O4. The van der Waals surface area contributed by atoms with Gasteiger partial charge in [-0.3, -0.25) is 9.59 Å². The fraction of sp³-hybridized carbons (Fsp3) is 0.185. The van der Waals surface area contributed by atoms with Crippen LogP contribution in [0.3, 0.4) is 0 Å². The minimum atomic E-state index is -0.434. The Hall–Kier alpha value is -4.37. The molecular weight excluding hydrogens is 463 g/mol. The van der Waals surface area contributed by atoms with Crippen molar-refractivity contribution in [3.8, 4) is 11.5 Å². The van der Waals surface area contributed by atoms with Gasteiger partial charge >= 0.3 is 0 Å². The molecule has 2 heterocycles. The number of halogens is 1. The van der Waals surface area contributed by atoms with Gasteiger partial charge in [-0.15, -0.1) is 0 Å². The third-order valence-corrected chi connectivity index (χ3v) is 5.99. The van der Waals surface area contributed by atoms with Crippen molar-refractivity contribution in [3.05, 3.63) is 77.6 Å². The second-order valence-electron chi connectivity index (χ2n) is 8.82. The lowest BCUT2D eigenvalue weighted by Gasteiger charge is -2.20. The Balaban J connectivity index is 1.53. The van der Waals surface area contributed by atoms with E-state index < -0.39 is 5.82 Å². The highest BCUT2D eigenvalue weighted by Crippen LogP contribution is 2.41. The van der Waals surface area contributed by atoms with Gasteiger partial charge in [-0.25, -0.2) is 4.39 Å². The van der Waals surface area contributed by atoms with Crippen LogP contribution in [0.25, 0.3) is 11.3 Å². The maximum atomic E-state index is 13.8. The first kappa shape index (κ1) is 23.4. The Labute approximate surface area is 207 Å². The first-order chi connectivity index (χ1) is 17.3. The molecule has 184 valence electrons. The van der Waals surface area contributed by atoms with Gasteiger partial charge in [-0.1, -0.05) is 0 Å². The van der Waals surface area contributed by atoms with E-state index in [0.29, 0.717) is 51.8 Å². The molecule has 0 saturated heterocycles. The number of carbonyl (C=O) groups is 2. The van der Waals surface area contributed by atoms with Crippen molar-refractivity contribution in [1.29, 1.82) is 0 Å². The van der Waals surface area contributed by atoms with Crippen LogP contribution in [0.1, 0.15) is 11.1 Å². The van der Waals surface area contributed by atoms with Crippen LogP contribution in [0, 0.1) is 5.82 Å². The molecule has 3 aromatic rings.